The van der Waals surface area contributed by atoms with E-state index in [-0.39, 0.29) is 11.8 Å². The molecule has 0 amide bonds. The minimum absolute atomic E-state index is 0.0285. The molecular formula is C34H31N3O5. The van der Waals surface area contributed by atoms with E-state index in [4.69, 9.17) is 19.3 Å². The largest absolute Gasteiger partial charge is 0.496 e. The molecule has 3 aromatic carbocycles. The van der Waals surface area contributed by atoms with Gasteiger partial charge in [0, 0.05) is 30.4 Å². The minimum atomic E-state index is -0.408. The first-order valence-electron chi connectivity index (χ1n) is 14.0. The summed E-state index contributed by atoms with van der Waals surface area (Å²) in [4.78, 5) is 10.8. The zero-order valence-electron chi connectivity index (χ0n) is 23.3. The summed E-state index contributed by atoms with van der Waals surface area (Å²) >= 11 is 0. The standard InChI is InChI=1S/C34H31N3O5/c1-40-34-22-32(42-23-33-6-3-19-41-33)18-11-26(34)10-13-31-21-28(12-8-24-7-9-25-4-2-5-27(25)20-24)35-36(31)29-14-16-30(17-15-29)37(38)39/h2,4,7-18,20-22,33H,3,5-6,19,23H2,1H3/b12-8+,13-10+. The number of aromatic nitrogens is 2. The Morgan fingerprint density at radius 3 is 2.71 bits per heavy atom. The van der Waals surface area contributed by atoms with Gasteiger partial charge in [0.25, 0.3) is 5.69 Å². The number of hydrogen-bond donors (Lipinski definition) is 0. The number of benzene rings is 3. The molecule has 1 aromatic heterocycles. The Balaban J connectivity index is 1.27. The number of non-ortho nitro benzene ring substituents is 1. The Hall–Kier alpha value is -4.95. The summed E-state index contributed by atoms with van der Waals surface area (Å²) in [5, 5.41) is 16.0. The van der Waals surface area contributed by atoms with Gasteiger partial charge < -0.3 is 14.2 Å². The molecule has 1 aliphatic carbocycles. The van der Waals surface area contributed by atoms with Gasteiger partial charge in [0.05, 0.1) is 35.2 Å². The molecule has 0 N–H and O–H groups in total. The normalized spacial score (nSPS) is 16.0. The lowest BCUT2D eigenvalue weighted by Crippen LogP contribution is -2.16. The number of ether oxygens (including phenoxy) is 3. The van der Waals surface area contributed by atoms with Crippen LogP contribution in [0.2, 0.25) is 0 Å². The van der Waals surface area contributed by atoms with Crippen LogP contribution in [0.25, 0.3) is 36.1 Å². The van der Waals surface area contributed by atoms with Crippen molar-refractivity contribution in [2.24, 2.45) is 0 Å². The lowest BCUT2D eigenvalue weighted by Gasteiger charge is -2.13. The van der Waals surface area contributed by atoms with Crippen LogP contribution >= 0.6 is 0 Å². The highest BCUT2D eigenvalue weighted by atomic mass is 16.6. The molecular weight excluding hydrogens is 530 g/mol. The molecule has 212 valence electrons. The first kappa shape index (κ1) is 27.2. The van der Waals surface area contributed by atoms with Gasteiger partial charge >= 0.3 is 0 Å². The molecule has 2 heterocycles. The van der Waals surface area contributed by atoms with Crippen molar-refractivity contribution in [3.63, 3.8) is 0 Å². The first-order valence-corrected chi connectivity index (χ1v) is 14.0. The SMILES string of the molecule is COc1cc(OCC2CCCO2)ccc1/C=C/c1cc(/C=C/c2ccc3c(c2)CC=C3)nn1-c1ccc([N+](=O)[O-])cc1. The molecule has 8 nitrogen and oxygen atoms in total. The average Bonchev–Trinajstić information content (AvgIpc) is 3.79. The zero-order chi connectivity index (χ0) is 28.9. The lowest BCUT2D eigenvalue weighted by atomic mass is 10.1. The maximum Gasteiger partial charge on any atom is 0.269 e. The molecule has 0 bridgehead atoms. The van der Waals surface area contributed by atoms with Gasteiger partial charge in [-0.05, 0) is 84.5 Å². The third-order valence-electron chi connectivity index (χ3n) is 7.41. The smallest absolute Gasteiger partial charge is 0.269 e. The van der Waals surface area contributed by atoms with E-state index in [1.807, 2.05) is 48.6 Å². The fraction of sp³-hybridized carbons (Fsp3) is 0.206. The number of nitro groups is 1. The Labute approximate surface area is 244 Å². The van der Waals surface area contributed by atoms with Crippen molar-refractivity contribution in [2.75, 3.05) is 20.3 Å². The Kier molecular flexibility index (Phi) is 7.96. The van der Waals surface area contributed by atoms with Crippen molar-refractivity contribution in [1.82, 2.24) is 9.78 Å². The Morgan fingerprint density at radius 2 is 1.93 bits per heavy atom. The van der Waals surface area contributed by atoms with Crippen molar-refractivity contribution in [3.05, 3.63) is 117 Å². The summed E-state index contributed by atoms with van der Waals surface area (Å²) < 4.78 is 19.0. The molecule has 42 heavy (non-hydrogen) atoms. The zero-order valence-corrected chi connectivity index (χ0v) is 23.3. The fourth-order valence-corrected chi connectivity index (χ4v) is 5.16. The third-order valence-corrected chi connectivity index (χ3v) is 7.41. The number of hydrogen-bond acceptors (Lipinski definition) is 6. The van der Waals surface area contributed by atoms with Gasteiger partial charge in [0.15, 0.2) is 0 Å². The van der Waals surface area contributed by atoms with Crippen molar-refractivity contribution in [2.45, 2.75) is 25.4 Å². The van der Waals surface area contributed by atoms with Gasteiger partial charge in [-0.1, -0.05) is 36.4 Å². The van der Waals surface area contributed by atoms with Crippen molar-refractivity contribution in [3.8, 4) is 17.2 Å². The van der Waals surface area contributed by atoms with Crippen LogP contribution in [0.15, 0.2) is 72.8 Å². The van der Waals surface area contributed by atoms with Gasteiger partial charge in [-0.25, -0.2) is 4.68 Å². The molecule has 2 aliphatic rings. The molecule has 6 rings (SSSR count). The molecule has 0 saturated carbocycles. The topological polar surface area (TPSA) is 88.7 Å². The molecule has 1 saturated heterocycles. The predicted octanol–water partition coefficient (Wildman–Crippen LogP) is 7.26. The van der Waals surface area contributed by atoms with E-state index in [1.165, 1.54) is 23.3 Å². The van der Waals surface area contributed by atoms with Crippen LogP contribution < -0.4 is 9.47 Å². The number of methoxy groups -OCH3 is 1. The van der Waals surface area contributed by atoms with Crippen molar-refractivity contribution >= 4 is 36.1 Å². The number of nitrogens with zero attached hydrogens (tertiary/aromatic N) is 3. The van der Waals surface area contributed by atoms with Crippen LogP contribution in [0.4, 0.5) is 5.69 Å². The predicted molar refractivity (Wildman–Crippen MR) is 165 cm³/mol. The summed E-state index contributed by atoms with van der Waals surface area (Å²) in [6.45, 7) is 1.31. The highest BCUT2D eigenvalue weighted by Gasteiger charge is 2.16. The van der Waals surface area contributed by atoms with Crippen LogP contribution in [-0.2, 0) is 11.2 Å². The van der Waals surface area contributed by atoms with Gasteiger partial charge in [-0.15, -0.1) is 0 Å². The number of nitro benzene ring substituents is 1. The van der Waals surface area contributed by atoms with Crippen LogP contribution in [0, 0.1) is 10.1 Å². The summed E-state index contributed by atoms with van der Waals surface area (Å²) in [7, 11) is 1.63. The van der Waals surface area contributed by atoms with Crippen molar-refractivity contribution in [1.29, 1.82) is 0 Å². The lowest BCUT2D eigenvalue weighted by molar-refractivity contribution is -0.384. The van der Waals surface area contributed by atoms with Crippen molar-refractivity contribution < 1.29 is 19.1 Å². The highest BCUT2D eigenvalue weighted by molar-refractivity contribution is 5.76. The van der Waals surface area contributed by atoms with Gasteiger partial charge in [0.2, 0.25) is 0 Å². The molecule has 1 fully saturated rings. The monoisotopic (exact) mass is 561 g/mol. The summed E-state index contributed by atoms with van der Waals surface area (Å²) in [6, 6.07) is 20.5. The minimum Gasteiger partial charge on any atom is -0.496 e. The maximum atomic E-state index is 11.2. The average molecular weight is 562 g/mol. The third kappa shape index (κ3) is 6.19. The molecule has 0 radical (unpaired) electrons. The van der Waals surface area contributed by atoms with Crippen LogP contribution in [0.5, 0.6) is 11.5 Å². The summed E-state index contributed by atoms with van der Waals surface area (Å²) in [6.07, 6.45) is 15.4. The second-order valence-corrected chi connectivity index (χ2v) is 10.3. The van der Waals surface area contributed by atoms with E-state index < -0.39 is 4.92 Å². The molecule has 0 spiro atoms. The number of fused-ring (bicyclic) bond motifs is 1. The van der Waals surface area contributed by atoms with Crippen LogP contribution in [0.1, 0.15) is 46.5 Å². The quantitative estimate of drug-likeness (QED) is 0.150. The number of allylic oxidation sites excluding steroid dienone is 1. The highest BCUT2D eigenvalue weighted by Crippen LogP contribution is 2.28. The molecule has 4 aromatic rings. The first-order chi connectivity index (χ1) is 20.6. The van der Waals surface area contributed by atoms with Gasteiger partial charge in [0.1, 0.15) is 18.1 Å². The fourth-order valence-electron chi connectivity index (χ4n) is 5.16. The van der Waals surface area contributed by atoms with E-state index in [1.54, 1.807) is 23.9 Å². The van der Waals surface area contributed by atoms with E-state index in [9.17, 15) is 10.1 Å². The summed E-state index contributed by atoms with van der Waals surface area (Å²) in [5.41, 5.74) is 6.87. The van der Waals surface area contributed by atoms with Crippen LogP contribution in [-0.4, -0.2) is 41.1 Å². The maximum absolute atomic E-state index is 11.2. The van der Waals surface area contributed by atoms with E-state index in [0.29, 0.717) is 18.0 Å². The van der Waals surface area contributed by atoms with Gasteiger partial charge in [-0.2, -0.15) is 5.10 Å². The molecule has 1 aliphatic heterocycles. The van der Waals surface area contributed by atoms with E-state index in [2.05, 4.69) is 30.4 Å². The molecule has 1 atom stereocenters. The van der Waals surface area contributed by atoms with Gasteiger partial charge in [-0.3, -0.25) is 10.1 Å². The van der Waals surface area contributed by atoms with E-state index >= 15 is 0 Å². The summed E-state index contributed by atoms with van der Waals surface area (Å²) in [5.74, 6) is 1.41. The second-order valence-electron chi connectivity index (χ2n) is 10.3. The Morgan fingerprint density at radius 1 is 1.05 bits per heavy atom. The molecule has 1 unspecified atom stereocenters. The molecule has 8 heteroatoms. The second kappa shape index (κ2) is 12.3. The Bertz CT molecular complexity index is 1680. The number of rotatable bonds is 10. The van der Waals surface area contributed by atoms with Crippen LogP contribution in [0.3, 0.4) is 0 Å². The van der Waals surface area contributed by atoms with E-state index in [0.717, 1.165) is 54.1 Å².